The molecule has 1 aromatic rings. The van der Waals surface area contributed by atoms with Gasteiger partial charge in [-0.3, -0.25) is 4.79 Å². The van der Waals surface area contributed by atoms with Gasteiger partial charge in [0.2, 0.25) is 0 Å². The van der Waals surface area contributed by atoms with E-state index >= 15 is 0 Å². The second-order valence-electron chi connectivity index (χ2n) is 2.87. The van der Waals surface area contributed by atoms with Gasteiger partial charge >= 0.3 is 6.18 Å². The van der Waals surface area contributed by atoms with Crippen LogP contribution < -0.4 is 0 Å². The highest BCUT2D eigenvalue weighted by Crippen LogP contribution is 2.40. The van der Waals surface area contributed by atoms with Crippen molar-refractivity contribution in [3.05, 3.63) is 38.8 Å². The average Bonchev–Trinajstić information content (AvgIpc) is 2.16. The van der Waals surface area contributed by atoms with Gasteiger partial charge in [-0.15, -0.1) is 0 Å². The van der Waals surface area contributed by atoms with Crippen molar-refractivity contribution < 1.29 is 18.0 Å². The summed E-state index contributed by atoms with van der Waals surface area (Å²) in [6, 6.07) is 5.15. The van der Waals surface area contributed by atoms with Crippen molar-refractivity contribution in [1.82, 2.24) is 0 Å². The van der Waals surface area contributed by atoms with E-state index in [1.807, 2.05) is 0 Å². The molecule has 6 heteroatoms. The van der Waals surface area contributed by atoms with Gasteiger partial charge in [-0.1, -0.05) is 24.3 Å². The summed E-state index contributed by atoms with van der Waals surface area (Å²) in [5, 5.41) is 0. The lowest BCUT2D eigenvalue weighted by Gasteiger charge is -2.12. The third-order valence-electron chi connectivity index (χ3n) is 1.81. The van der Waals surface area contributed by atoms with Gasteiger partial charge in [0.25, 0.3) is 0 Å². The van der Waals surface area contributed by atoms with E-state index in [0.29, 0.717) is 11.8 Å². The van der Waals surface area contributed by atoms with Crippen LogP contribution in [-0.2, 0) is 0 Å². The van der Waals surface area contributed by atoms with Crippen LogP contribution in [0.15, 0.2) is 27.7 Å². The van der Waals surface area contributed by atoms with Crippen molar-refractivity contribution >= 4 is 43.7 Å². The van der Waals surface area contributed by atoms with Crippen molar-refractivity contribution in [1.29, 1.82) is 0 Å². The molecule has 0 unspecified atom stereocenters. The highest BCUT2D eigenvalue weighted by molar-refractivity contribution is 9.28. The second-order valence-corrected chi connectivity index (χ2v) is 5.52. The molecule has 0 bridgehead atoms. The highest BCUT2D eigenvalue weighted by Gasteiger charge is 2.36. The van der Waals surface area contributed by atoms with E-state index in [9.17, 15) is 18.0 Å². The minimum Gasteiger partial charge on any atom is -0.298 e. The van der Waals surface area contributed by atoms with Crippen LogP contribution in [0.25, 0.3) is 5.57 Å². The van der Waals surface area contributed by atoms with Gasteiger partial charge in [0.1, 0.15) is 6.29 Å². The number of allylic oxidation sites excluding steroid dienone is 1. The molecule has 0 N–H and O–H groups in total. The van der Waals surface area contributed by atoms with E-state index < -0.39 is 11.7 Å². The Morgan fingerprint density at radius 1 is 1.12 bits per heavy atom. The Kier molecular flexibility index (Phi) is 4.32. The van der Waals surface area contributed by atoms with Gasteiger partial charge in [-0.2, -0.15) is 13.2 Å². The molecule has 0 aliphatic carbocycles. The van der Waals surface area contributed by atoms with Gasteiger partial charge in [0, 0.05) is 5.56 Å². The van der Waals surface area contributed by atoms with Crippen LogP contribution in [-0.4, -0.2) is 12.5 Å². The third kappa shape index (κ3) is 3.18. The molecular weight excluding hydrogens is 353 g/mol. The van der Waals surface area contributed by atoms with Crippen LogP contribution in [0, 0.1) is 0 Å². The summed E-state index contributed by atoms with van der Waals surface area (Å²) in [7, 11) is 0. The molecular formula is C10H5Br2F3O. The van der Waals surface area contributed by atoms with E-state index in [0.717, 1.165) is 0 Å². The Hall–Kier alpha value is -0.620. The maximum Gasteiger partial charge on any atom is 0.418 e. The Morgan fingerprint density at radius 3 is 1.94 bits per heavy atom. The van der Waals surface area contributed by atoms with E-state index in [1.54, 1.807) is 0 Å². The number of hydrogen-bond donors (Lipinski definition) is 0. The molecule has 0 spiro atoms. The first-order valence-electron chi connectivity index (χ1n) is 4.04. The maximum absolute atomic E-state index is 12.7. The lowest BCUT2D eigenvalue weighted by atomic mass is 10.1. The molecule has 0 heterocycles. The largest absolute Gasteiger partial charge is 0.418 e. The summed E-state index contributed by atoms with van der Waals surface area (Å²) in [4.78, 5) is 10.4. The number of halogens is 5. The zero-order valence-corrected chi connectivity index (χ0v) is 10.9. The van der Waals surface area contributed by atoms with Gasteiger partial charge in [-0.05, 0) is 37.4 Å². The fourth-order valence-corrected chi connectivity index (χ4v) is 2.02. The molecule has 0 aliphatic heterocycles. The number of rotatable bonds is 2. The van der Waals surface area contributed by atoms with Crippen LogP contribution in [0.4, 0.5) is 13.2 Å². The summed E-state index contributed by atoms with van der Waals surface area (Å²) < 4.78 is 37.8. The van der Waals surface area contributed by atoms with E-state index in [1.165, 1.54) is 24.3 Å². The summed E-state index contributed by atoms with van der Waals surface area (Å²) >= 11 is 5.51. The zero-order valence-electron chi connectivity index (χ0n) is 7.68. The molecule has 0 saturated carbocycles. The molecule has 1 aromatic carbocycles. The van der Waals surface area contributed by atoms with Crippen molar-refractivity contribution in [3.63, 3.8) is 0 Å². The fourth-order valence-electron chi connectivity index (χ4n) is 1.11. The average molecular weight is 358 g/mol. The van der Waals surface area contributed by atoms with E-state index in [-0.39, 0.29) is 8.96 Å². The van der Waals surface area contributed by atoms with Crippen molar-refractivity contribution in [3.8, 4) is 0 Å². The predicted octanol–water partition coefficient (Wildman–Crippen LogP) is 4.52. The monoisotopic (exact) mass is 356 g/mol. The lowest BCUT2D eigenvalue weighted by Crippen LogP contribution is -2.11. The molecule has 1 nitrogen and oxygen atoms in total. The SMILES string of the molecule is O=Cc1ccc(C(=C(Br)Br)C(F)(F)F)cc1. The Balaban J connectivity index is 3.24. The normalized spacial score (nSPS) is 11.1. The molecule has 0 saturated heterocycles. The van der Waals surface area contributed by atoms with Gasteiger partial charge in [0.15, 0.2) is 0 Å². The summed E-state index contributed by atoms with van der Waals surface area (Å²) in [6.07, 6.45) is -3.89. The molecule has 0 fully saturated rings. The van der Waals surface area contributed by atoms with Crippen molar-refractivity contribution in [2.24, 2.45) is 0 Å². The maximum atomic E-state index is 12.7. The van der Waals surface area contributed by atoms with Gasteiger partial charge < -0.3 is 0 Å². The predicted molar refractivity (Wildman–Crippen MR) is 62.7 cm³/mol. The molecule has 86 valence electrons. The molecule has 0 amide bonds. The molecule has 0 atom stereocenters. The number of carbonyl (C=O) groups excluding carboxylic acids is 1. The first kappa shape index (κ1) is 13.4. The summed E-state index contributed by atoms with van der Waals surface area (Å²) in [6.45, 7) is 0. The van der Waals surface area contributed by atoms with Crippen LogP contribution in [0.1, 0.15) is 15.9 Å². The zero-order chi connectivity index (χ0) is 12.3. The smallest absolute Gasteiger partial charge is 0.298 e. The molecule has 16 heavy (non-hydrogen) atoms. The Labute approximate surface area is 107 Å². The number of benzene rings is 1. The number of aldehydes is 1. The minimum absolute atomic E-state index is 0.0122. The van der Waals surface area contributed by atoms with Crippen molar-refractivity contribution in [2.75, 3.05) is 0 Å². The molecule has 0 aromatic heterocycles. The molecule has 0 aliphatic rings. The Morgan fingerprint density at radius 2 is 1.62 bits per heavy atom. The second kappa shape index (κ2) is 5.14. The molecule has 0 radical (unpaired) electrons. The highest BCUT2D eigenvalue weighted by atomic mass is 79.9. The first-order chi connectivity index (χ1) is 7.36. The van der Waals surface area contributed by atoms with Gasteiger partial charge in [0.05, 0.1) is 8.96 Å². The lowest BCUT2D eigenvalue weighted by molar-refractivity contribution is -0.0688. The Bertz CT molecular complexity index is 417. The topological polar surface area (TPSA) is 17.1 Å². The van der Waals surface area contributed by atoms with Crippen molar-refractivity contribution in [2.45, 2.75) is 6.18 Å². The summed E-state index contributed by atoms with van der Waals surface area (Å²) in [5.41, 5.74) is -0.497. The van der Waals surface area contributed by atoms with Crippen LogP contribution in [0.2, 0.25) is 0 Å². The quantitative estimate of drug-likeness (QED) is 0.711. The van der Waals surface area contributed by atoms with E-state index in [2.05, 4.69) is 31.9 Å². The summed E-state index contributed by atoms with van der Waals surface area (Å²) in [5.74, 6) is 0. The van der Waals surface area contributed by atoms with Crippen LogP contribution >= 0.6 is 31.9 Å². The van der Waals surface area contributed by atoms with Crippen LogP contribution in [0.5, 0.6) is 0 Å². The fraction of sp³-hybridized carbons (Fsp3) is 0.100. The third-order valence-corrected chi connectivity index (χ3v) is 2.60. The minimum atomic E-state index is -4.47. The van der Waals surface area contributed by atoms with E-state index in [4.69, 9.17) is 0 Å². The standard InChI is InChI=1S/C10H5Br2F3O/c11-9(12)8(10(13,14)15)7-3-1-6(5-16)2-4-7/h1-5H. The van der Waals surface area contributed by atoms with Crippen LogP contribution in [0.3, 0.4) is 0 Å². The number of alkyl halides is 3. The number of hydrogen-bond acceptors (Lipinski definition) is 1. The first-order valence-corrected chi connectivity index (χ1v) is 5.63. The molecule has 1 rings (SSSR count). The van der Waals surface area contributed by atoms with Gasteiger partial charge in [-0.25, -0.2) is 0 Å². The number of carbonyl (C=O) groups is 1.